The van der Waals surface area contributed by atoms with Crippen LogP contribution in [0.5, 0.6) is 0 Å². The van der Waals surface area contributed by atoms with E-state index < -0.39 is 10.0 Å². The van der Waals surface area contributed by atoms with E-state index in [1.54, 1.807) is 18.7 Å². The fourth-order valence-corrected chi connectivity index (χ4v) is 5.55. The Bertz CT molecular complexity index is 516. The standard InChI is InChI=1S/C11H19ClN2O2S3/c1-5-11(6-2,17-4)7-13-19(15,16)9-8(3)14-10(12)18-9/h13H,5-7H2,1-4H3. The highest BCUT2D eigenvalue weighted by atomic mass is 35.5. The van der Waals surface area contributed by atoms with Crippen molar-refractivity contribution in [2.24, 2.45) is 0 Å². The van der Waals surface area contributed by atoms with Crippen molar-refractivity contribution >= 4 is 44.7 Å². The van der Waals surface area contributed by atoms with Crippen LogP contribution >= 0.6 is 34.7 Å². The molecular weight excluding hydrogens is 324 g/mol. The van der Waals surface area contributed by atoms with E-state index in [2.05, 4.69) is 23.6 Å². The zero-order chi connectivity index (χ0) is 14.7. The largest absolute Gasteiger partial charge is 0.252 e. The number of hydrogen-bond donors (Lipinski definition) is 1. The average Bonchev–Trinajstić information content (AvgIpc) is 2.72. The Morgan fingerprint density at radius 3 is 2.37 bits per heavy atom. The van der Waals surface area contributed by atoms with Gasteiger partial charge in [0.05, 0.1) is 5.69 Å². The topological polar surface area (TPSA) is 59.1 Å². The van der Waals surface area contributed by atoms with Crippen LogP contribution in [0.3, 0.4) is 0 Å². The summed E-state index contributed by atoms with van der Waals surface area (Å²) in [5, 5.41) is 0. The van der Waals surface area contributed by atoms with Gasteiger partial charge in [0.2, 0.25) is 0 Å². The number of halogens is 1. The molecule has 0 spiro atoms. The normalized spacial score (nSPS) is 12.9. The van der Waals surface area contributed by atoms with E-state index in [0.717, 1.165) is 24.2 Å². The van der Waals surface area contributed by atoms with Crippen LogP contribution in [0.25, 0.3) is 0 Å². The van der Waals surface area contributed by atoms with Gasteiger partial charge in [0, 0.05) is 11.3 Å². The quantitative estimate of drug-likeness (QED) is 0.825. The lowest BCUT2D eigenvalue weighted by molar-refractivity contribution is 0.522. The van der Waals surface area contributed by atoms with Crippen LogP contribution in [0.1, 0.15) is 32.4 Å². The van der Waals surface area contributed by atoms with Crippen molar-refractivity contribution in [2.45, 2.75) is 42.6 Å². The van der Waals surface area contributed by atoms with Crippen molar-refractivity contribution in [2.75, 3.05) is 12.8 Å². The molecule has 1 aromatic heterocycles. The number of sulfonamides is 1. The lowest BCUT2D eigenvalue weighted by Gasteiger charge is -2.29. The van der Waals surface area contributed by atoms with Gasteiger partial charge in [-0.2, -0.15) is 11.8 Å². The summed E-state index contributed by atoms with van der Waals surface area (Å²) in [6.07, 6.45) is 3.83. The Hall–Kier alpha value is 0.180. The molecule has 0 saturated carbocycles. The Balaban J connectivity index is 2.90. The summed E-state index contributed by atoms with van der Waals surface area (Å²) in [4.78, 5) is 3.94. The lowest BCUT2D eigenvalue weighted by atomic mass is 10.0. The monoisotopic (exact) mass is 342 g/mol. The summed E-state index contributed by atoms with van der Waals surface area (Å²) in [6.45, 7) is 6.21. The van der Waals surface area contributed by atoms with Gasteiger partial charge in [0.1, 0.15) is 0 Å². The second kappa shape index (κ2) is 6.76. The molecule has 1 N–H and O–H groups in total. The van der Waals surface area contributed by atoms with E-state index in [4.69, 9.17) is 11.6 Å². The van der Waals surface area contributed by atoms with Crippen molar-refractivity contribution in [3.05, 3.63) is 10.2 Å². The number of aromatic nitrogens is 1. The molecule has 0 bridgehead atoms. The van der Waals surface area contributed by atoms with Crippen LogP contribution < -0.4 is 4.72 Å². The molecule has 0 saturated heterocycles. The van der Waals surface area contributed by atoms with E-state index in [1.807, 2.05) is 6.26 Å². The first kappa shape index (κ1) is 17.2. The van der Waals surface area contributed by atoms with Crippen LogP contribution in [0.15, 0.2) is 4.21 Å². The molecule has 0 unspecified atom stereocenters. The second-order valence-electron chi connectivity index (χ2n) is 4.26. The molecule has 0 fully saturated rings. The highest BCUT2D eigenvalue weighted by Crippen LogP contribution is 2.31. The molecule has 0 atom stereocenters. The summed E-state index contributed by atoms with van der Waals surface area (Å²) < 4.78 is 27.6. The maximum absolute atomic E-state index is 12.3. The first-order valence-electron chi connectivity index (χ1n) is 5.98. The number of aryl methyl sites for hydroxylation is 1. The smallest absolute Gasteiger partial charge is 0.229 e. The molecule has 1 aromatic rings. The summed E-state index contributed by atoms with van der Waals surface area (Å²) in [5.41, 5.74) is 0.449. The van der Waals surface area contributed by atoms with Crippen molar-refractivity contribution in [1.82, 2.24) is 9.71 Å². The molecule has 1 heterocycles. The van der Waals surface area contributed by atoms with E-state index in [1.165, 1.54) is 0 Å². The SMILES string of the molecule is CCC(CC)(CNS(=O)(=O)c1sc(Cl)nc1C)SC. The van der Waals surface area contributed by atoms with Gasteiger partial charge in [-0.1, -0.05) is 36.8 Å². The van der Waals surface area contributed by atoms with Crippen LogP contribution in [0.2, 0.25) is 4.47 Å². The molecule has 0 radical (unpaired) electrons. The molecule has 19 heavy (non-hydrogen) atoms. The molecule has 1 rings (SSSR count). The Kier molecular flexibility index (Phi) is 6.13. The van der Waals surface area contributed by atoms with Gasteiger partial charge in [-0.15, -0.1) is 0 Å². The third-order valence-corrected chi connectivity index (χ3v) is 8.14. The zero-order valence-electron chi connectivity index (χ0n) is 11.5. The van der Waals surface area contributed by atoms with Crippen LogP contribution in [-0.2, 0) is 10.0 Å². The van der Waals surface area contributed by atoms with Gasteiger partial charge >= 0.3 is 0 Å². The number of rotatable bonds is 7. The Labute approximate surface area is 128 Å². The molecule has 0 aliphatic carbocycles. The van der Waals surface area contributed by atoms with E-state index in [-0.39, 0.29) is 13.4 Å². The molecule has 0 aromatic carbocycles. The number of hydrogen-bond acceptors (Lipinski definition) is 5. The molecular formula is C11H19ClN2O2S3. The lowest BCUT2D eigenvalue weighted by Crippen LogP contribution is -2.39. The molecule has 0 aliphatic rings. The minimum Gasteiger partial charge on any atom is -0.229 e. The number of thioether (sulfide) groups is 1. The molecule has 110 valence electrons. The Morgan fingerprint density at radius 2 is 2.00 bits per heavy atom. The summed E-state index contributed by atoms with van der Waals surface area (Å²) in [5.74, 6) is 0. The molecule has 0 amide bonds. The fraction of sp³-hybridized carbons (Fsp3) is 0.727. The van der Waals surface area contributed by atoms with Gasteiger partial charge in [0.25, 0.3) is 10.0 Å². The van der Waals surface area contributed by atoms with E-state index >= 15 is 0 Å². The van der Waals surface area contributed by atoms with Gasteiger partial charge in [-0.05, 0) is 26.0 Å². The van der Waals surface area contributed by atoms with Crippen molar-refractivity contribution in [3.8, 4) is 0 Å². The fourth-order valence-electron chi connectivity index (χ4n) is 1.75. The van der Waals surface area contributed by atoms with Crippen LogP contribution in [0.4, 0.5) is 0 Å². The van der Waals surface area contributed by atoms with Gasteiger partial charge in [-0.3, -0.25) is 0 Å². The van der Waals surface area contributed by atoms with E-state index in [9.17, 15) is 8.42 Å². The summed E-state index contributed by atoms with van der Waals surface area (Å²) >= 11 is 8.44. The molecule has 0 aliphatic heterocycles. The highest BCUT2D eigenvalue weighted by molar-refractivity contribution is 8.00. The average molecular weight is 343 g/mol. The van der Waals surface area contributed by atoms with Crippen molar-refractivity contribution in [3.63, 3.8) is 0 Å². The van der Waals surface area contributed by atoms with Gasteiger partial charge < -0.3 is 0 Å². The minimum atomic E-state index is -3.53. The minimum absolute atomic E-state index is 0.0601. The predicted molar refractivity (Wildman–Crippen MR) is 83.9 cm³/mol. The maximum atomic E-state index is 12.3. The van der Waals surface area contributed by atoms with Crippen molar-refractivity contribution < 1.29 is 8.42 Å². The van der Waals surface area contributed by atoms with Crippen LogP contribution in [-0.4, -0.2) is 30.9 Å². The maximum Gasteiger partial charge on any atom is 0.252 e. The Morgan fingerprint density at radius 1 is 1.42 bits per heavy atom. The zero-order valence-corrected chi connectivity index (χ0v) is 14.7. The predicted octanol–water partition coefficient (Wildman–Crippen LogP) is 3.31. The summed E-state index contributed by atoms with van der Waals surface area (Å²) in [7, 11) is -3.53. The second-order valence-corrected chi connectivity index (χ2v) is 9.08. The van der Waals surface area contributed by atoms with E-state index in [0.29, 0.717) is 12.2 Å². The third kappa shape index (κ3) is 4.07. The highest BCUT2D eigenvalue weighted by Gasteiger charge is 2.29. The number of nitrogens with zero attached hydrogens (tertiary/aromatic N) is 1. The van der Waals surface area contributed by atoms with Gasteiger partial charge in [-0.25, -0.2) is 18.1 Å². The molecule has 4 nitrogen and oxygen atoms in total. The number of nitrogens with one attached hydrogen (secondary N) is 1. The van der Waals surface area contributed by atoms with Crippen LogP contribution in [0, 0.1) is 6.92 Å². The molecule has 8 heteroatoms. The summed E-state index contributed by atoms with van der Waals surface area (Å²) in [6, 6.07) is 0. The third-order valence-electron chi connectivity index (χ3n) is 3.28. The first-order valence-corrected chi connectivity index (χ1v) is 9.88. The van der Waals surface area contributed by atoms with Crippen molar-refractivity contribution in [1.29, 1.82) is 0 Å². The first-order chi connectivity index (χ1) is 8.80. The van der Waals surface area contributed by atoms with Gasteiger partial charge in [0.15, 0.2) is 8.68 Å². The number of thiazole rings is 1.